The first kappa shape index (κ1) is 18.9. The first-order valence-electron chi connectivity index (χ1n) is 11.2. The van der Waals surface area contributed by atoms with E-state index in [1.165, 1.54) is 50.1 Å². The lowest BCUT2D eigenvalue weighted by molar-refractivity contribution is 0.638. The van der Waals surface area contributed by atoms with Gasteiger partial charge in [-0.15, -0.1) is 0 Å². The van der Waals surface area contributed by atoms with Crippen LogP contribution >= 0.6 is 0 Å². The summed E-state index contributed by atoms with van der Waals surface area (Å²) in [6.45, 7) is 4.71. The average Bonchev–Trinajstić information content (AvgIpc) is 2.85. The van der Waals surface area contributed by atoms with Gasteiger partial charge in [0, 0.05) is 11.1 Å². The molecule has 5 aromatic carbocycles. The lowest BCUT2D eigenvalue weighted by atomic mass is 9.72. The molecule has 154 valence electrons. The number of para-hydroxylation sites is 1. The minimum Gasteiger partial charge on any atom is -0.310 e. The molecule has 1 heterocycles. The van der Waals surface area contributed by atoms with Crippen molar-refractivity contribution >= 4 is 27.8 Å². The molecule has 0 saturated carbocycles. The minimum absolute atomic E-state index is 0.0900. The summed E-state index contributed by atoms with van der Waals surface area (Å²) in [4.78, 5) is 2.43. The Hall–Kier alpha value is -3.84. The summed E-state index contributed by atoms with van der Waals surface area (Å²) in [7, 11) is 0. The topological polar surface area (TPSA) is 3.24 Å². The van der Waals surface area contributed by atoms with Crippen LogP contribution in [0.15, 0.2) is 115 Å². The monoisotopic (exact) mass is 411 g/mol. The van der Waals surface area contributed by atoms with Crippen molar-refractivity contribution in [2.75, 3.05) is 4.90 Å². The van der Waals surface area contributed by atoms with Gasteiger partial charge in [0.2, 0.25) is 0 Å². The largest absolute Gasteiger partial charge is 0.310 e. The molecule has 0 unspecified atom stereocenters. The lowest BCUT2D eigenvalue weighted by Crippen LogP contribution is -2.30. The number of fused-ring (bicyclic) bond motifs is 4. The van der Waals surface area contributed by atoms with Crippen LogP contribution in [0.4, 0.5) is 17.1 Å². The molecule has 0 amide bonds. The Morgan fingerprint density at radius 3 is 2.00 bits per heavy atom. The zero-order valence-corrected chi connectivity index (χ0v) is 18.4. The smallest absolute Gasteiger partial charge is 0.0509 e. The summed E-state index contributed by atoms with van der Waals surface area (Å²) in [5.41, 5.74) is 8.84. The van der Waals surface area contributed by atoms with Crippen LogP contribution in [0.3, 0.4) is 0 Å². The highest BCUT2D eigenvalue weighted by atomic mass is 15.2. The zero-order valence-electron chi connectivity index (χ0n) is 18.4. The number of rotatable bonds is 2. The molecular formula is C31H25N. The maximum Gasteiger partial charge on any atom is 0.0509 e. The Kier molecular flexibility index (Phi) is 4.19. The first-order chi connectivity index (χ1) is 15.6. The van der Waals surface area contributed by atoms with Crippen LogP contribution in [0.25, 0.3) is 21.9 Å². The first-order valence-corrected chi connectivity index (χ1v) is 11.2. The van der Waals surface area contributed by atoms with Crippen LogP contribution in [0.5, 0.6) is 0 Å². The highest BCUT2D eigenvalue weighted by Gasteiger charge is 2.37. The highest BCUT2D eigenvalue weighted by Crippen LogP contribution is 2.53. The van der Waals surface area contributed by atoms with Crippen molar-refractivity contribution in [3.8, 4) is 11.1 Å². The van der Waals surface area contributed by atoms with Gasteiger partial charge >= 0.3 is 0 Å². The maximum absolute atomic E-state index is 2.43. The molecule has 0 aromatic heterocycles. The van der Waals surface area contributed by atoms with E-state index in [2.05, 4.69) is 134 Å². The standard InChI is InChI=1S/C31H25N/c1-31(2)27-14-8-9-15-28(27)32(29-21-18-24-12-6-7-13-26(24)30(29)31)25-19-16-23(17-20-25)22-10-4-3-5-11-22/h3-21H,1-2H3. The third-order valence-electron chi connectivity index (χ3n) is 6.82. The molecule has 0 spiro atoms. The van der Waals surface area contributed by atoms with E-state index in [0.717, 1.165) is 0 Å². The summed E-state index contributed by atoms with van der Waals surface area (Å²) in [5, 5.41) is 2.62. The maximum atomic E-state index is 2.43. The van der Waals surface area contributed by atoms with E-state index >= 15 is 0 Å². The van der Waals surface area contributed by atoms with Gasteiger partial charge in [0.05, 0.1) is 11.4 Å². The van der Waals surface area contributed by atoms with Crippen LogP contribution in [0.1, 0.15) is 25.0 Å². The van der Waals surface area contributed by atoms with Gasteiger partial charge in [0.15, 0.2) is 0 Å². The lowest BCUT2D eigenvalue weighted by Gasteiger charge is -2.42. The Bertz CT molecular complexity index is 1430. The fourth-order valence-corrected chi connectivity index (χ4v) is 5.28. The van der Waals surface area contributed by atoms with E-state index in [1.54, 1.807) is 0 Å². The molecule has 6 rings (SSSR count). The molecule has 1 heteroatoms. The molecule has 0 saturated heterocycles. The van der Waals surface area contributed by atoms with Crippen molar-refractivity contribution in [3.05, 3.63) is 126 Å². The van der Waals surface area contributed by atoms with Gasteiger partial charge in [-0.05, 0) is 57.3 Å². The number of nitrogens with zero attached hydrogens (tertiary/aromatic N) is 1. The summed E-state index contributed by atoms with van der Waals surface area (Å²) in [6, 6.07) is 41.7. The molecule has 1 aliphatic heterocycles. The summed E-state index contributed by atoms with van der Waals surface area (Å²) < 4.78 is 0. The number of hydrogen-bond acceptors (Lipinski definition) is 1. The number of hydrogen-bond donors (Lipinski definition) is 0. The molecule has 1 nitrogen and oxygen atoms in total. The Labute approximate surface area is 189 Å². The number of anilines is 3. The van der Waals surface area contributed by atoms with Crippen molar-refractivity contribution < 1.29 is 0 Å². The molecule has 0 atom stereocenters. The second kappa shape index (κ2) is 7.10. The van der Waals surface area contributed by atoms with Gasteiger partial charge in [-0.1, -0.05) is 105 Å². The molecule has 0 radical (unpaired) electrons. The van der Waals surface area contributed by atoms with Gasteiger partial charge in [-0.25, -0.2) is 0 Å². The van der Waals surface area contributed by atoms with Crippen LogP contribution in [-0.4, -0.2) is 0 Å². The molecule has 5 aromatic rings. The normalized spacial score (nSPS) is 14.1. The predicted octanol–water partition coefficient (Wildman–Crippen LogP) is 8.62. The molecular weight excluding hydrogens is 386 g/mol. The molecule has 0 aliphatic carbocycles. The zero-order chi connectivity index (χ0) is 21.7. The molecule has 32 heavy (non-hydrogen) atoms. The fourth-order valence-electron chi connectivity index (χ4n) is 5.28. The van der Waals surface area contributed by atoms with Crippen molar-refractivity contribution in [3.63, 3.8) is 0 Å². The fraction of sp³-hybridized carbons (Fsp3) is 0.0968. The van der Waals surface area contributed by atoms with Gasteiger partial charge in [-0.3, -0.25) is 0 Å². The van der Waals surface area contributed by atoms with Crippen molar-refractivity contribution in [1.82, 2.24) is 0 Å². The van der Waals surface area contributed by atoms with Crippen LogP contribution in [0, 0.1) is 0 Å². The Morgan fingerprint density at radius 1 is 0.531 bits per heavy atom. The van der Waals surface area contributed by atoms with Crippen LogP contribution in [0.2, 0.25) is 0 Å². The summed E-state index contributed by atoms with van der Waals surface area (Å²) >= 11 is 0. The van der Waals surface area contributed by atoms with Gasteiger partial charge < -0.3 is 4.90 Å². The van der Waals surface area contributed by atoms with Crippen LogP contribution in [-0.2, 0) is 5.41 Å². The Morgan fingerprint density at radius 2 is 1.19 bits per heavy atom. The van der Waals surface area contributed by atoms with E-state index in [0.29, 0.717) is 0 Å². The van der Waals surface area contributed by atoms with E-state index in [-0.39, 0.29) is 5.41 Å². The van der Waals surface area contributed by atoms with Crippen molar-refractivity contribution in [1.29, 1.82) is 0 Å². The SMILES string of the molecule is CC1(C)c2ccccc2N(c2ccc(-c3ccccc3)cc2)c2ccc3ccccc3c21. The third kappa shape index (κ3) is 2.78. The van der Waals surface area contributed by atoms with Crippen molar-refractivity contribution in [2.24, 2.45) is 0 Å². The van der Waals surface area contributed by atoms with Gasteiger partial charge in [-0.2, -0.15) is 0 Å². The van der Waals surface area contributed by atoms with E-state index in [1.807, 2.05) is 0 Å². The second-order valence-corrected chi connectivity index (χ2v) is 9.07. The molecule has 0 bridgehead atoms. The molecule has 1 aliphatic rings. The van der Waals surface area contributed by atoms with Crippen LogP contribution < -0.4 is 4.90 Å². The third-order valence-corrected chi connectivity index (χ3v) is 6.82. The summed E-state index contributed by atoms with van der Waals surface area (Å²) in [5.74, 6) is 0. The predicted molar refractivity (Wildman–Crippen MR) is 136 cm³/mol. The number of benzene rings is 5. The Balaban J connectivity index is 1.59. The minimum atomic E-state index is -0.0900. The van der Waals surface area contributed by atoms with E-state index in [4.69, 9.17) is 0 Å². The van der Waals surface area contributed by atoms with Crippen molar-refractivity contribution in [2.45, 2.75) is 19.3 Å². The average molecular weight is 412 g/mol. The van der Waals surface area contributed by atoms with Gasteiger partial charge in [0.25, 0.3) is 0 Å². The quantitative estimate of drug-likeness (QED) is 0.281. The second-order valence-electron chi connectivity index (χ2n) is 9.07. The summed E-state index contributed by atoms with van der Waals surface area (Å²) in [6.07, 6.45) is 0. The molecule has 0 N–H and O–H groups in total. The van der Waals surface area contributed by atoms with E-state index < -0.39 is 0 Å². The van der Waals surface area contributed by atoms with Gasteiger partial charge in [0.1, 0.15) is 0 Å². The van der Waals surface area contributed by atoms with E-state index in [9.17, 15) is 0 Å². The molecule has 0 fully saturated rings. The highest BCUT2D eigenvalue weighted by molar-refractivity contribution is 5.98.